The van der Waals surface area contributed by atoms with Gasteiger partial charge < -0.3 is 15.1 Å². The van der Waals surface area contributed by atoms with E-state index in [0.717, 1.165) is 35.4 Å². The fraction of sp³-hybridized carbons (Fsp3) is 0.250. The molecule has 5 nitrogen and oxygen atoms in total. The number of halogens is 1. The van der Waals surface area contributed by atoms with Gasteiger partial charge in [0.05, 0.1) is 5.69 Å². The van der Waals surface area contributed by atoms with Crippen LogP contribution in [0.15, 0.2) is 64.5 Å². The molecule has 1 aromatic heterocycles. The smallest absolute Gasteiger partial charge is 0.239 e. The van der Waals surface area contributed by atoms with Crippen LogP contribution in [0.2, 0.25) is 0 Å². The molecule has 7 heteroatoms. The quantitative estimate of drug-likeness (QED) is 0.514. The fourth-order valence-electron chi connectivity index (χ4n) is 4.29. The Kier molecular flexibility index (Phi) is 5.54. The summed E-state index contributed by atoms with van der Waals surface area (Å²) >= 11 is 5.33. The number of nitrogens with zero attached hydrogens (tertiary/aromatic N) is 2. The Hall–Kier alpha value is -2.64. The first-order chi connectivity index (χ1) is 15.1. The maximum Gasteiger partial charge on any atom is 0.239 e. The second-order valence-electron chi connectivity index (χ2n) is 7.86. The first-order valence-corrected chi connectivity index (χ1v) is 12.0. The highest BCUT2D eigenvalue weighted by molar-refractivity contribution is 9.10. The van der Waals surface area contributed by atoms with Gasteiger partial charge in [0.2, 0.25) is 11.8 Å². The van der Waals surface area contributed by atoms with Gasteiger partial charge >= 0.3 is 0 Å². The van der Waals surface area contributed by atoms with Crippen LogP contribution in [0.5, 0.6) is 0 Å². The van der Waals surface area contributed by atoms with Crippen molar-refractivity contribution in [2.45, 2.75) is 19.4 Å². The molecule has 0 bridgehead atoms. The molecule has 3 aromatic rings. The minimum Gasteiger partial charge on any atom is -0.367 e. The topological polar surface area (TPSA) is 52.7 Å². The number of hydrogen-bond donors (Lipinski definition) is 1. The van der Waals surface area contributed by atoms with Crippen molar-refractivity contribution < 1.29 is 9.59 Å². The average molecular weight is 496 g/mol. The summed E-state index contributed by atoms with van der Waals surface area (Å²) in [6, 6.07) is 17.7. The van der Waals surface area contributed by atoms with Crippen molar-refractivity contribution in [1.82, 2.24) is 0 Å². The third-order valence-electron chi connectivity index (χ3n) is 5.97. The van der Waals surface area contributed by atoms with Crippen LogP contribution in [0.4, 0.5) is 17.1 Å². The maximum atomic E-state index is 12.9. The maximum absolute atomic E-state index is 12.9. The van der Waals surface area contributed by atoms with Gasteiger partial charge in [0, 0.05) is 40.4 Å². The molecule has 1 unspecified atom stereocenters. The molecule has 2 aliphatic rings. The molecule has 2 amide bonds. The van der Waals surface area contributed by atoms with E-state index in [9.17, 15) is 9.59 Å². The Bertz CT molecular complexity index is 1130. The van der Waals surface area contributed by atoms with Crippen LogP contribution in [0, 0.1) is 5.92 Å². The van der Waals surface area contributed by atoms with Crippen molar-refractivity contribution >= 4 is 56.1 Å². The van der Waals surface area contributed by atoms with E-state index in [-0.39, 0.29) is 11.8 Å². The molecule has 1 fully saturated rings. The van der Waals surface area contributed by atoms with Gasteiger partial charge in [-0.05, 0) is 82.2 Å². The summed E-state index contributed by atoms with van der Waals surface area (Å²) in [6.45, 7) is 2.46. The molecule has 31 heavy (non-hydrogen) atoms. The van der Waals surface area contributed by atoms with Gasteiger partial charge in [-0.25, -0.2) is 0 Å². The van der Waals surface area contributed by atoms with Crippen molar-refractivity contribution in [3.63, 3.8) is 0 Å². The molecule has 3 heterocycles. The second kappa shape index (κ2) is 8.48. The molecular weight excluding hydrogens is 474 g/mol. The molecule has 2 aromatic carbocycles. The Labute approximate surface area is 193 Å². The lowest BCUT2D eigenvalue weighted by atomic mass is 10.1. The summed E-state index contributed by atoms with van der Waals surface area (Å²) in [5.41, 5.74) is 4.08. The van der Waals surface area contributed by atoms with Crippen LogP contribution in [0.1, 0.15) is 16.9 Å². The van der Waals surface area contributed by atoms with Crippen LogP contribution in [-0.2, 0) is 22.6 Å². The first-order valence-electron chi connectivity index (χ1n) is 10.4. The van der Waals surface area contributed by atoms with Gasteiger partial charge in [-0.3, -0.25) is 9.59 Å². The average Bonchev–Trinajstić information content (AvgIpc) is 3.40. The van der Waals surface area contributed by atoms with Crippen LogP contribution in [0.25, 0.3) is 0 Å². The number of fused-ring (bicyclic) bond motifs is 1. The monoisotopic (exact) mass is 495 g/mol. The van der Waals surface area contributed by atoms with E-state index >= 15 is 0 Å². The molecule has 1 atom stereocenters. The number of hydrogen-bond acceptors (Lipinski definition) is 4. The number of rotatable bonds is 4. The van der Waals surface area contributed by atoms with Crippen molar-refractivity contribution in [1.29, 1.82) is 0 Å². The molecule has 2 aliphatic heterocycles. The number of para-hydroxylation sites is 1. The number of thiophene rings is 1. The highest BCUT2D eigenvalue weighted by Gasteiger charge is 2.38. The minimum atomic E-state index is -0.661. The van der Waals surface area contributed by atoms with Gasteiger partial charge in [-0.15, -0.1) is 11.3 Å². The standard InChI is InChI=1S/C24H22BrN3O2S/c25-20-3-1-2-4-21(20)28-13-9-19(24(28)30)23(29)26-17-5-7-18(8-6-17)27-12-10-22-16(15-27)11-14-31-22/h1-8,11,14,19H,9-10,12-13,15H2,(H,26,29). The fourth-order valence-corrected chi connectivity index (χ4v) is 5.68. The summed E-state index contributed by atoms with van der Waals surface area (Å²) in [7, 11) is 0. The van der Waals surface area contributed by atoms with E-state index in [2.05, 4.69) is 37.6 Å². The van der Waals surface area contributed by atoms with Gasteiger partial charge in [-0.1, -0.05) is 12.1 Å². The van der Waals surface area contributed by atoms with Crippen LogP contribution in [-0.4, -0.2) is 24.9 Å². The Morgan fingerprint density at radius 3 is 2.68 bits per heavy atom. The number of nitrogens with one attached hydrogen (secondary N) is 1. The zero-order valence-electron chi connectivity index (χ0n) is 16.9. The van der Waals surface area contributed by atoms with Gasteiger partial charge in [0.1, 0.15) is 5.92 Å². The summed E-state index contributed by atoms with van der Waals surface area (Å²) < 4.78 is 0.854. The third kappa shape index (κ3) is 4.00. The number of anilines is 3. The van der Waals surface area contributed by atoms with E-state index in [1.807, 2.05) is 59.9 Å². The highest BCUT2D eigenvalue weighted by Crippen LogP contribution is 2.32. The van der Waals surface area contributed by atoms with Crippen LogP contribution >= 0.6 is 27.3 Å². The van der Waals surface area contributed by atoms with Crippen LogP contribution in [0.3, 0.4) is 0 Å². The Morgan fingerprint density at radius 2 is 1.87 bits per heavy atom. The lowest BCUT2D eigenvalue weighted by Crippen LogP contribution is -2.33. The normalized spacial score (nSPS) is 18.2. The number of amides is 2. The van der Waals surface area contributed by atoms with E-state index in [0.29, 0.717) is 18.7 Å². The molecule has 5 rings (SSSR count). The lowest BCUT2D eigenvalue weighted by molar-refractivity contribution is -0.129. The third-order valence-corrected chi connectivity index (χ3v) is 7.67. The van der Waals surface area contributed by atoms with Gasteiger partial charge in [-0.2, -0.15) is 0 Å². The molecule has 1 saturated heterocycles. The summed E-state index contributed by atoms with van der Waals surface area (Å²) in [5.74, 6) is -1.06. The molecule has 0 radical (unpaired) electrons. The molecule has 0 saturated carbocycles. The lowest BCUT2D eigenvalue weighted by Gasteiger charge is -2.29. The predicted molar refractivity (Wildman–Crippen MR) is 129 cm³/mol. The Morgan fingerprint density at radius 1 is 1.06 bits per heavy atom. The van der Waals surface area contributed by atoms with Crippen molar-refractivity contribution in [3.05, 3.63) is 74.9 Å². The minimum absolute atomic E-state index is 0.152. The van der Waals surface area contributed by atoms with E-state index in [1.54, 1.807) is 4.90 Å². The SMILES string of the molecule is O=C(Nc1ccc(N2CCc3sccc3C2)cc1)C1CCN(c2ccccc2Br)C1=O. The van der Waals surface area contributed by atoms with Gasteiger partial charge in [0.25, 0.3) is 0 Å². The Balaban J connectivity index is 1.23. The molecule has 1 N–H and O–H groups in total. The number of carbonyl (C=O) groups is 2. The van der Waals surface area contributed by atoms with Crippen molar-refractivity contribution in [2.24, 2.45) is 5.92 Å². The summed E-state index contributed by atoms with van der Waals surface area (Å²) in [6.07, 6.45) is 1.59. The molecule has 0 spiro atoms. The zero-order chi connectivity index (χ0) is 21.4. The zero-order valence-corrected chi connectivity index (χ0v) is 19.3. The second-order valence-corrected chi connectivity index (χ2v) is 9.71. The number of benzene rings is 2. The van der Waals surface area contributed by atoms with Gasteiger partial charge in [0.15, 0.2) is 0 Å². The largest absolute Gasteiger partial charge is 0.367 e. The highest BCUT2D eigenvalue weighted by atomic mass is 79.9. The first kappa shape index (κ1) is 20.3. The van der Waals surface area contributed by atoms with Crippen molar-refractivity contribution in [3.8, 4) is 0 Å². The predicted octanol–water partition coefficient (Wildman–Crippen LogP) is 5.06. The van der Waals surface area contributed by atoms with E-state index < -0.39 is 5.92 Å². The summed E-state index contributed by atoms with van der Waals surface area (Å²) in [4.78, 5) is 31.2. The summed E-state index contributed by atoms with van der Waals surface area (Å²) in [5, 5.41) is 5.09. The van der Waals surface area contributed by atoms with Crippen molar-refractivity contribution in [2.75, 3.05) is 28.2 Å². The molecular formula is C24H22BrN3O2S. The molecule has 158 valence electrons. The van der Waals surface area contributed by atoms with Crippen LogP contribution < -0.4 is 15.1 Å². The molecule has 0 aliphatic carbocycles. The number of carbonyl (C=O) groups excluding carboxylic acids is 2. The van der Waals surface area contributed by atoms with E-state index in [4.69, 9.17) is 0 Å². The van der Waals surface area contributed by atoms with E-state index in [1.165, 1.54) is 10.4 Å².